The minimum atomic E-state index is -1.00. The number of anilines is 4. The van der Waals surface area contributed by atoms with Crippen LogP contribution in [0.15, 0.2) is 304 Å². The van der Waals surface area contributed by atoms with Crippen LogP contribution >= 0.6 is 0 Å². The Morgan fingerprint density at radius 1 is 0.367 bits per heavy atom. The number of nitrogens with one attached hydrogen (secondary N) is 4. The van der Waals surface area contributed by atoms with Crippen molar-refractivity contribution in [3.63, 3.8) is 0 Å². The number of hydrogen-bond donors (Lipinski definition) is 4. The summed E-state index contributed by atoms with van der Waals surface area (Å²) in [5.74, 6) is -1.59. The molecule has 0 heterocycles. The second-order valence-electron chi connectivity index (χ2n) is 22.4. The average molecular weight is 1310 g/mol. The van der Waals surface area contributed by atoms with Crippen molar-refractivity contribution >= 4 is 46.4 Å². The monoisotopic (exact) mass is 1310 g/mol. The van der Waals surface area contributed by atoms with Gasteiger partial charge in [0.2, 0.25) is 23.6 Å². The van der Waals surface area contributed by atoms with Gasteiger partial charge in [0, 0.05) is 45.0 Å². The molecule has 4 N–H and O–H groups in total. The zero-order valence-electron chi connectivity index (χ0n) is 55.1. The molecular formula is C82H78N4O12. The summed E-state index contributed by atoms with van der Waals surface area (Å²) < 4.78 is 48.1. The zero-order valence-corrected chi connectivity index (χ0v) is 55.1. The highest BCUT2D eigenvalue weighted by molar-refractivity contribution is 6.01. The van der Waals surface area contributed by atoms with Crippen LogP contribution in [0.3, 0.4) is 0 Å². The van der Waals surface area contributed by atoms with E-state index in [-0.39, 0.29) is 37.7 Å². The van der Waals surface area contributed by atoms with E-state index in [0.717, 1.165) is 0 Å². The number of carbonyl (C=O) groups excluding carboxylic acids is 4. The zero-order chi connectivity index (χ0) is 69.3. The average Bonchev–Trinajstić information content (AvgIpc) is 1.04. The molecule has 4 atom stereocenters. The van der Waals surface area contributed by atoms with E-state index in [1.54, 1.807) is 165 Å². The molecule has 9 rings (SSSR count). The molecule has 0 aromatic heterocycles. The third-order valence-corrected chi connectivity index (χ3v) is 15.7. The Hall–Kier alpha value is -12.3. The highest BCUT2D eigenvalue weighted by atomic mass is 16.5. The van der Waals surface area contributed by atoms with Crippen LogP contribution in [0.4, 0.5) is 22.7 Å². The molecule has 8 aromatic rings. The van der Waals surface area contributed by atoms with Gasteiger partial charge in [-0.25, -0.2) is 0 Å². The van der Waals surface area contributed by atoms with Crippen molar-refractivity contribution in [3.05, 3.63) is 326 Å². The lowest BCUT2D eigenvalue weighted by Crippen LogP contribution is -2.23. The molecule has 98 heavy (non-hydrogen) atoms. The highest BCUT2D eigenvalue weighted by Crippen LogP contribution is 2.41. The summed E-state index contributed by atoms with van der Waals surface area (Å²) in [7, 11) is 6.10. The Balaban J connectivity index is 0.913. The number of hydrogen-bond acceptors (Lipinski definition) is 12. The topological polar surface area (TPSA) is 190 Å². The van der Waals surface area contributed by atoms with Gasteiger partial charge >= 0.3 is 0 Å². The van der Waals surface area contributed by atoms with E-state index >= 15 is 0 Å². The first-order valence-corrected chi connectivity index (χ1v) is 31.4. The molecule has 16 nitrogen and oxygen atoms in total. The van der Waals surface area contributed by atoms with E-state index in [9.17, 15) is 19.2 Å². The van der Waals surface area contributed by atoms with Gasteiger partial charge in [0.15, 0.2) is 0 Å². The number of para-hydroxylation sites is 4. The Morgan fingerprint density at radius 3 is 0.878 bits per heavy atom. The molecule has 0 fully saturated rings. The number of amides is 4. The lowest BCUT2D eigenvalue weighted by molar-refractivity contribution is -0.117. The molecule has 0 bridgehead atoms. The predicted octanol–water partition coefficient (Wildman–Crippen LogP) is 16.2. The first-order valence-electron chi connectivity index (χ1n) is 31.4. The first-order chi connectivity index (χ1) is 47.7. The quantitative estimate of drug-likeness (QED) is 0.0218. The molecule has 498 valence electrons. The molecule has 8 aromatic carbocycles. The third-order valence-electron chi connectivity index (χ3n) is 15.7. The van der Waals surface area contributed by atoms with Crippen molar-refractivity contribution in [2.45, 2.75) is 29.8 Å². The smallest absolute Gasteiger partial charge is 0.236 e. The second-order valence-corrected chi connectivity index (χ2v) is 22.4. The van der Waals surface area contributed by atoms with E-state index in [2.05, 4.69) is 54.2 Å². The minimum absolute atomic E-state index is 0.0146. The van der Waals surface area contributed by atoms with Crippen LogP contribution in [0.2, 0.25) is 0 Å². The molecule has 0 radical (unpaired) electrons. The summed E-state index contributed by atoms with van der Waals surface area (Å²) in [6.45, 7) is 21.2. The van der Waals surface area contributed by atoms with Gasteiger partial charge in [0.1, 0.15) is 71.9 Å². The van der Waals surface area contributed by atoms with Crippen LogP contribution in [-0.2, 0) is 19.2 Å². The molecule has 0 saturated carbocycles. The third kappa shape index (κ3) is 19.0. The fourth-order valence-corrected chi connectivity index (χ4v) is 10.8. The standard InChI is InChI=1S/C82H78N4O12/c1-10-54(2)75(79(87)83-58-29-15-11-16-30-58)67-50-63(39-43-71(67)91-6)95-47-23-26-55(3)76(80(88)84-59-31-17-12-18-32-59)68-51-64(40-44-72(68)92-7)96-48-24-27-56(4)77(81(89)85-60-33-19-13-20-34-60)69-52-65(41-45-73(69)93-8)97-49-25-28-57(5)78(82(90)86-61-35-21-14-22-36-61)70-53-66(98-62-37-38-62)42-46-74(70)94-9/h10-46,50-53,62,75-78H,1-5,47-49H2,6-9H3,(H,83,87)(H,84,88)(H,85,89)(H,86,90)/b26-23+,27-24+,28-25+. The van der Waals surface area contributed by atoms with Crippen LogP contribution in [0.25, 0.3) is 0 Å². The molecule has 1 aliphatic carbocycles. The lowest BCUT2D eigenvalue weighted by atomic mass is 9.89. The molecule has 0 spiro atoms. The van der Waals surface area contributed by atoms with Gasteiger partial charge in [-0.05, 0) is 174 Å². The number of ether oxygens (including phenoxy) is 8. The number of allylic oxidation sites excluding steroid dienone is 4. The Morgan fingerprint density at radius 2 is 0.622 bits per heavy atom. The van der Waals surface area contributed by atoms with Crippen molar-refractivity contribution in [2.24, 2.45) is 0 Å². The van der Waals surface area contributed by atoms with Gasteiger partial charge in [-0.3, -0.25) is 19.2 Å². The fourth-order valence-electron chi connectivity index (χ4n) is 10.8. The summed E-state index contributed by atoms with van der Waals surface area (Å²) in [6.07, 6.45) is 15.7. The van der Waals surface area contributed by atoms with Crippen LogP contribution < -0.4 is 59.2 Å². The normalized spacial score (nSPS) is 12.8. The summed E-state index contributed by atoms with van der Waals surface area (Å²) >= 11 is 0. The van der Waals surface area contributed by atoms with Gasteiger partial charge in [-0.15, -0.1) is 0 Å². The van der Waals surface area contributed by atoms with Gasteiger partial charge < -0.3 is 59.2 Å². The van der Waals surface area contributed by atoms with E-state index in [0.29, 0.717) is 113 Å². The molecule has 16 heteroatoms. The maximum absolute atomic E-state index is 14.6. The van der Waals surface area contributed by atoms with Crippen LogP contribution in [0.5, 0.6) is 46.0 Å². The fraction of sp³-hybridized carbons (Fsp3) is 0.146. The Bertz CT molecular complexity index is 4290. The first kappa shape index (κ1) is 70.0. The number of benzene rings is 8. The van der Waals surface area contributed by atoms with Crippen molar-refractivity contribution < 1.29 is 57.1 Å². The molecule has 1 aliphatic rings. The predicted molar refractivity (Wildman–Crippen MR) is 387 cm³/mol. The second kappa shape index (κ2) is 34.7. The maximum Gasteiger partial charge on any atom is 0.236 e. The van der Waals surface area contributed by atoms with Crippen LogP contribution in [0, 0.1) is 0 Å². The molecule has 4 unspecified atom stereocenters. The Kier molecular flexibility index (Phi) is 24.8. The summed E-state index contributed by atoms with van der Waals surface area (Å²) in [5.41, 5.74) is 6.12. The largest absolute Gasteiger partial charge is 0.496 e. The number of methoxy groups -OCH3 is 4. The lowest BCUT2D eigenvalue weighted by Gasteiger charge is -2.22. The Labute approximate surface area is 572 Å². The van der Waals surface area contributed by atoms with Crippen LogP contribution in [0.1, 0.15) is 45.9 Å². The number of rotatable bonds is 35. The van der Waals surface area contributed by atoms with E-state index < -0.39 is 35.5 Å². The molecule has 0 aliphatic heterocycles. The van der Waals surface area contributed by atoms with Crippen molar-refractivity contribution in [1.29, 1.82) is 0 Å². The SMILES string of the molecule is C=CC(=C)C(C(=O)Nc1ccccc1)c1cc(OC/C=C/C(=C)C(C(=O)Nc2ccccc2)c2cc(OC/C=C/C(=C)C(C(=O)Nc3ccccc3)c3cc(OC/C=C/C(=C)C(C(=O)Nc4ccccc4)c4cc(OC5C=C5)ccc4OC)ccc3OC)ccc2OC)ccc1OC. The van der Waals surface area contributed by atoms with E-state index in [1.807, 2.05) is 84.9 Å². The van der Waals surface area contributed by atoms with E-state index in [4.69, 9.17) is 37.9 Å². The van der Waals surface area contributed by atoms with Gasteiger partial charge in [0.25, 0.3) is 0 Å². The minimum Gasteiger partial charge on any atom is -0.496 e. The number of carbonyl (C=O) groups is 4. The molecular weight excluding hydrogens is 1230 g/mol. The van der Waals surface area contributed by atoms with Crippen molar-refractivity contribution in [2.75, 3.05) is 69.5 Å². The summed E-state index contributed by atoms with van der Waals surface area (Å²) in [6, 6.07) is 57.3. The van der Waals surface area contributed by atoms with Crippen molar-refractivity contribution in [1.82, 2.24) is 0 Å². The van der Waals surface area contributed by atoms with Gasteiger partial charge in [0.05, 0.1) is 52.1 Å². The van der Waals surface area contributed by atoms with Crippen LogP contribution in [-0.4, -0.2) is 78.0 Å². The van der Waals surface area contributed by atoms with Crippen molar-refractivity contribution in [3.8, 4) is 46.0 Å². The van der Waals surface area contributed by atoms with E-state index in [1.165, 1.54) is 27.4 Å². The summed E-state index contributed by atoms with van der Waals surface area (Å²) in [5, 5.41) is 12.0. The molecule has 4 amide bonds. The summed E-state index contributed by atoms with van der Waals surface area (Å²) in [4.78, 5) is 57.2. The maximum atomic E-state index is 14.6. The molecule has 0 saturated heterocycles. The van der Waals surface area contributed by atoms with Gasteiger partial charge in [-0.1, -0.05) is 130 Å². The highest BCUT2D eigenvalue weighted by Gasteiger charge is 2.31. The van der Waals surface area contributed by atoms with Gasteiger partial charge in [-0.2, -0.15) is 0 Å².